The van der Waals surface area contributed by atoms with Crippen molar-refractivity contribution in [2.24, 2.45) is 5.73 Å². The predicted octanol–water partition coefficient (Wildman–Crippen LogP) is 0.324. The van der Waals surface area contributed by atoms with Crippen molar-refractivity contribution in [1.82, 2.24) is 0 Å². The van der Waals surface area contributed by atoms with Gasteiger partial charge in [0.05, 0.1) is 0 Å². The number of nitrogens with two attached hydrogens (primary N) is 1. The first-order valence-corrected chi connectivity index (χ1v) is 2.36. The number of rotatable bonds is 3. The summed E-state index contributed by atoms with van der Waals surface area (Å²) in [6.45, 7) is 0. The van der Waals surface area contributed by atoms with Crippen molar-refractivity contribution >= 4 is 5.97 Å². The Morgan fingerprint density at radius 1 is 1.75 bits per heavy atom. The van der Waals surface area contributed by atoms with E-state index < -0.39 is 5.97 Å². The Kier molecular flexibility index (Phi) is 3.66. The molecule has 0 bridgehead atoms. The Morgan fingerprint density at radius 2 is 2.38 bits per heavy atom. The molecule has 0 aromatic rings. The Balaban J connectivity index is 3.05. The van der Waals surface area contributed by atoms with Crippen LogP contribution < -0.4 is 5.73 Å². The molecule has 3 N–H and O–H groups in total. The fraction of sp³-hybridized carbons (Fsp3) is 0.400. The van der Waals surface area contributed by atoms with Crippen molar-refractivity contribution in [3.63, 3.8) is 0 Å². The van der Waals surface area contributed by atoms with Crippen molar-refractivity contribution in [3.8, 4) is 0 Å². The molecule has 0 heterocycles. The lowest BCUT2D eigenvalue weighted by Crippen LogP contribution is -1.91. The van der Waals surface area contributed by atoms with E-state index in [-0.39, 0.29) is 6.42 Å². The summed E-state index contributed by atoms with van der Waals surface area (Å²) < 4.78 is 0. The van der Waals surface area contributed by atoms with Gasteiger partial charge in [0.1, 0.15) is 0 Å². The van der Waals surface area contributed by atoms with Gasteiger partial charge in [-0.2, -0.15) is 0 Å². The minimum absolute atomic E-state index is 0.160. The van der Waals surface area contributed by atoms with Gasteiger partial charge in [-0.05, 0) is 12.6 Å². The Labute approximate surface area is 47.8 Å². The lowest BCUT2D eigenvalue weighted by atomic mass is 10.3. The van der Waals surface area contributed by atoms with Crippen molar-refractivity contribution < 1.29 is 9.90 Å². The first-order chi connectivity index (χ1) is 3.77. The third-order valence-corrected chi connectivity index (χ3v) is 0.661. The zero-order valence-electron chi connectivity index (χ0n) is 4.50. The minimum Gasteiger partial charge on any atom is -0.481 e. The van der Waals surface area contributed by atoms with Gasteiger partial charge in [0.25, 0.3) is 0 Å². The number of carboxylic acid groups (broad SMARTS) is 1. The average molecular weight is 115 g/mol. The molecule has 8 heavy (non-hydrogen) atoms. The van der Waals surface area contributed by atoms with Crippen LogP contribution in [0.3, 0.4) is 0 Å². The smallest absolute Gasteiger partial charge is 0.303 e. The molecule has 46 valence electrons. The van der Waals surface area contributed by atoms with E-state index in [1.165, 1.54) is 6.20 Å². The van der Waals surface area contributed by atoms with Gasteiger partial charge in [0, 0.05) is 6.42 Å². The summed E-state index contributed by atoms with van der Waals surface area (Å²) in [5, 5.41) is 8.07. The molecule has 0 radical (unpaired) electrons. The molecule has 0 atom stereocenters. The number of aliphatic carboxylic acids is 1. The maximum Gasteiger partial charge on any atom is 0.303 e. The molecule has 0 spiro atoms. The first-order valence-electron chi connectivity index (χ1n) is 2.36. The maximum absolute atomic E-state index is 9.80. The molecule has 0 saturated carbocycles. The summed E-state index contributed by atoms with van der Waals surface area (Å²) in [6, 6.07) is 0. The van der Waals surface area contributed by atoms with E-state index in [0.29, 0.717) is 6.42 Å². The van der Waals surface area contributed by atoms with Gasteiger partial charge in [-0.15, -0.1) is 0 Å². The van der Waals surface area contributed by atoms with Crippen LogP contribution >= 0.6 is 0 Å². The highest BCUT2D eigenvalue weighted by atomic mass is 16.4. The van der Waals surface area contributed by atoms with Crippen LogP contribution in [0.15, 0.2) is 12.3 Å². The topological polar surface area (TPSA) is 63.3 Å². The third kappa shape index (κ3) is 5.01. The molecule has 0 fully saturated rings. The van der Waals surface area contributed by atoms with Crippen LogP contribution in [0.1, 0.15) is 12.8 Å². The summed E-state index contributed by atoms with van der Waals surface area (Å²) in [4.78, 5) is 9.80. The number of hydrogen-bond donors (Lipinski definition) is 2. The van der Waals surface area contributed by atoms with Crippen LogP contribution in [-0.4, -0.2) is 11.1 Å². The SMILES string of the molecule is NC=CCCC(=O)O. The predicted molar refractivity (Wildman–Crippen MR) is 30.2 cm³/mol. The number of carboxylic acids is 1. The van der Waals surface area contributed by atoms with E-state index in [2.05, 4.69) is 0 Å². The van der Waals surface area contributed by atoms with E-state index in [1.807, 2.05) is 0 Å². The van der Waals surface area contributed by atoms with Crippen LogP contribution in [-0.2, 0) is 4.79 Å². The Hall–Kier alpha value is -0.990. The molecular weight excluding hydrogens is 106 g/mol. The Bertz CT molecular complexity index is 98.6. The van der Waals surface area contributed by atoms with Crippen molar-refractivity contribution in [3.05, 3.63) is 12.3 Å². The van der Waals surface area contributed by atoms with Crippen LogP contribution in [0.4, 0.5) is 0 Å². The number of allylic oxidation sites excluding steroid dienone is 1. The van der Waals surface area contributed by atoms with Gasteiger partial charge in [-0.1, -0.05) is 6.08 Å². The Morgan fingerprint density at radius 3 is 2.75 bits per heavy atom. The molecule has 3 heteroatoms. The van der Waals surface area contributed by atoms with E-state index in [4.69, 9.17) is 10.8 Å². The van der Waals surface area contributed by atoms with Gasteiger partial charge < -0.3 is 10.8 Å². The molecule has 0 aliphatic heterocycles. The first kappa shape index (κ1) is 7.01. The van der Waals surface area contributed by atoms with E-state index in [9.17, 15) is 4.79 Å². The highest BCUT2D eigenvalue weighted by molar-refractivity contribution is 5.66. The second kappa shape index (κ2) is 4.18. The highest BCUT2D eigenvalue weighted by Gasteiger charge is 1.89. The van der Waals surface area contributed by atoms with Crippen molar-refractivity contribution in [2.45, 2.75) is 12.8 Å². The zero-order chi connectivity index (χ0) is 6.41. The molecule has 0 aliphatic rings. The van der Waals surface area contributed by atoms with Gasteiger partial charge in [-0.25, -0.2) is 0 Å². The largest absolute Gasteiger partial charge is 0.481 e. The van der Waals surface area contributed by atoms with Crippen LogP contribution in [0.2, 0.25) is 0 Å². The summed E-state index contributed by atoms with van der Waals surface area (Å²) in [5.74, 6) is -0.789. The summed E-state index contributed by atoms with van der Waals surface area (Å²) >= 11 is 0. The summed E-state index contributed by atoms with van der Waals surface area (Å²) in [7, 11) is 0. The van der Waals surface area contributed by atoms with E-state index in [1.54, 1.807) is 6.08 Å². The highest BCUT2D eigenvalue weighted by Crippen LogP contribution is 1.87. The standard InChI is InChI=1S/C5H9NO2/c6-4-2-1-3-5(7)8/h2,4H,1,3,6H2,(H,7,8). The van der Waals surface area contributed by atoms with Crippen LogP contribution in [0, 0.1) is 0 Å². The molecule has 0 amide bonds. The molecule has 0 aromatic carbocycles. The van der Waals surface area contributed by atoms with Crippen molar-refractivity contribution in [1.29, 1.82) is 0 Å². The molecule has 3 nitrogen and oxygen atoms in total. The number of carbonyl (C=O) groups is 1. The van der Waals surface area contributed by atoms with E-state index >= 15 is 0 Å². The second-order valence-electron chi connectivity index (χ2n) is 1.36. The molecule has 0 unspecified atom stereocenters. The summed E-state index contributed by atoms with van der Waals surface area (Å²) in [5.41, 5.74) is 4.94. The normalized spacial score (nSPS) is 10.0. The molecule has 0 saturated heterocycles. The monoisotopic (exact) mass is 115 g/mol. The zero-order valence-corrected chi connectivity index (χ0v) is 4.50. The van der Waals surface area contributed by atoms with Crippen molar-refractivity contribution in [2.75, 3.05) is 0 Å². The minimum atomic E-state index is -0.789. The molecule has 0 rings (SSSR count). The van der Waals surface area contributed by atoms with Crippen LogP contribution in [0.25, 0.3) is 0 Å². The molecular formula is C5H9NO2. The second-order valence-corrected chi connectivity index (χ2v) is 1.36. The third-order valence-electron chi connectivity index (χ3n) is 0.661. The molecule has 0 aromatic heterocycles. The lowest BCUT2D eigenvalue weighted by Gasteiger charge is -1.83. The van der Waals surface area contributed by atoms with Gasteiger partial charge in [0.15, 0.2) is 0 Å². The fourth-order valence-corrected chi connectivity index (χ4v) is 0.303. The lowest BCUT2D eigenvalue weighted by molar-refractivity contribution is -0.136. The number of hydrogen-bond acceptors (Lipinski definition) is 2. The van der Waals surface area contributed by atoms with Gasteiger partial charge in [-0.3, -0.25) is 4.79 Å². The average Bonchev–Trinajstić information content (AvgIpc) is 1.66. The maximum atomic E-state index is 9.80. The van der Waals surface area contributed by atoms with E-state index in [0.717, 1.165) is 0 Å². The van der Waals surface area contributed by atoms with Gasteiger partial charge in [0.2, 0.25) is 0 Å². The quantitative estimate of drug-likeness (QED) is 0.556. The fourth-order valence-electron chi connectivity index (χ4n) is 0.303. The summed E-state index contributed by atoms with van der Waals surface area (Å²) in [6.07, 6.45) is 3.65. The van der Waals surface area contributed by atoms with Gasteiger partial charge >= 0.3 is 5.97 Å². The van der Waals surface area contributed by atoms with Crippen LogP contribution in [0.5, 0.6) is 0 Å². The molecule has 0 aliphatic carbocycles.